The Morgan fingerprint density at radius 2 is 2.19 bits per heavy atom. The first-order valence-corrected chi connectivity index (χ1v) is 9.31. The van der Waals surface area contributed by atoms with Gasteiger partial charge < -0.3 is 9.13 Å². The Morgan fingerprint density at radius 1 is 1.43 bits per heavy atom. The predicted octanol–water partition coefficient (Wildman–Crippen LogP) is 2.34. The molecule has 114 valence electrons. The minimum atomic E-state index is -3.80. The SMILES string of the molecule is CCCc1nc(S(=O)(=O)Cl)cn1Cc1cncn1C1CC1. The van der Waals surface area contributed by atoms with Gasteiger partial charge in [0, 0.05) is 35.5 Å². The van der Waals surface area contributed by atoms with Crippen molar-refractivity contribution >= 4 is 19.7 Å². The molecule has 1 aliphatic carbocycles. The molecule has 3 rings (SSSR count). The van der Waals surface area contributed by atoms with Gasteiger partial charge in [0.15, 0.2) is 5.03 Å². The molecule has 1 saturated carbocycles. The van der Waals surface area contributed by atoms with Crippen molar-refractivity contribution < 1.29 is 8.42 Å². The van der Waals surface area contributed by atoms with E-state index in [2.05, 4.69) is 14.5 Å². The molecule has 6 nitrogen and oxygen atoms in total. The van der Waals surface area contributed by atoms with E-state index in [9.17, 15) is 8.42 Å². The first-order chi connectivity index (χ1) is 9.99. The highest BCUT2D eigenvalue weighted by molar-refractivity contribution is 8.13. The van der Waals surface area contributed by atoms with Crippen LogP contribution in [-0.2, 0) is 22.0 Å². The zero-order chi connectivity index (χ0) is 15.0. The normalized spacial score (nSPS) is 15.5. The van der Waals surface area contributed by atoms with Crippen molar-refractivity contribution in [1.82, 2.24) is 19.1 Å². The van der Waals surface area contributed by atoms with Gasteiger partial charge in [0.2, 0.25) is 0 Å². The number of aromatic nitrogens is 4. The Hall–Kier alpha value is -1.34. The summed E-state index contributed by atoms with van der Waals surface area (Å²) in [4.78, 5) is 8.35. The fourth-order valence-corrected chi connectivity index (χ4v) is 3.11. The summed E-state index contributed by atoms with van der Waals surface area (Å²) in [7, 11) is 1.60. The van der Waals surface area contributed by atoms with E-state index >= 15 is 0 Å². The molecule has 0 aromatic carbocycles. The van der Waals surface area contributed by atoms with Gasteiger partial charge in [-0.25, -0.2) is 18.4 Å². The van der Waals surface area contributed by atoms with Crippen LogP contribution in [0.2, 0.25) is 0 Å². The summed E-state index contributed by atoms with van der Waals surface area (Å²) in [5.41, 5.74) is 1.06. The predicted molar refractivity (Wildman–Crippen MR) is 78.9 cm³/mol. The molecule has 0 unspecified atom stereocenters. The number of imidazole rings is 2. The number of hydrogen-bond acceptors (Lipinski definition) is 4. The van der Waals surface area contributed by atoms with Crippen LogP contribution in [0, 0.1) is 0 Å². The molecule has 1 fully saturated rings. The quantitative estimate of drug-likeness (QED) is 0.763. The molecule has 0 radical (unpaired) electrons. The van der Waals surface area contributed by atoms with Crippen LogP contribution in [0.5, 0.6) is 0 Å². The standard InChI is InChI=1S/C13H17ClN4O2S/c1-2-3-12-16-13(21(14,19)20)8-17(12)7-11-6-15-9-18(11)10-4-5-10/h6,8-10H,2-5,7H2,1H3. The van der Waals surface area contributed by atoms with Crippen LogP contribution in [0.1, 0.15) is 43.7 Å². The molecule has 8 heteroatoms. The monoisotopic (exact) mass is 328 g/mol. The topological polar surface area (TPSA) is 69.8 Å². The Labute approximate surface area is 128 Å². The second-order valence-electron chi connectivity index (χ2n) is 5.33. The van der Waals surface area contributed by atoms with E-state index in [0.29, 0.717) is 19.0 Å². The van der Waals surface area contributed by atoms with Crippen molar-refractivity contribution in [3.63, 3.8) is 0 Å². The van der Waals surface area contributed by atoms with E-state index in [1.807, 2.05) is 24.0 Å². The van der Waals surface area contributed by atoms with Gasteiger partial charge in [0.05, 0.1) is 18.6 Å². The number of aryl methyl sites for hydroxylation is 1. The largest absolute Gasteiger partial charge is 0.330 e. The maximum atomic E-state index is 11.5. The van der Waals surface area contributed by atoms with E-state index in [1.54, 1.807) is 0 Å². The summed E-state index contributed by atoms with van der Waals surface area (Å²) < 4.78 is 26.9. The summed E-state index contributed by atoms with van der Waals surface area (Å²) in [5.74, 6) is 0.736. The van der Waals surface area contributed by atoms with E-state index in [-0.39, 0.29) is 5.03 Å². The second kappa shape index (κ2) is 5.46. The summed E-state index contributed by atoms with van der Waals surface area (Å²) >= 11 is 0. The van der Waals surface area contributed by atoms with E-state index in [0.717, 1.165) is 17.9 Å². The van der Waals surface area contributed by atoms with Gasteiger partial charge in [-0.3, -0.25) is 0 Å². The minimum Gasteiger partial charge on any atom is -0.330 e. The van der Waals surface area contributed by atoms with Crippen LogP contribution in [-0.4, -0.2) is 27.5 Å². The molecule has 0 amide bonds. The lowest BCUT2D eigenvalue weighted by Crippen LogP contribution is -2.08. The molecule has 0 aliphatic heterocycles. The maximum absolute atomic E-state index is 11.5. The van der Waals surface area contributed by atoms with Crippen LogP contribution in [0.15, 0.2) is 23.7 Å². The van der Waals surface area contributed by atoms with E-state index in [4.69, 9.17) is 10.7 Å². The van der Waals surface area contributed by atoms with Crippen molar-refractivity contribution in [2.45, 2.75) is 50.2 Å². The Bertz CT molecular complexity index is 746. The van der Waals surface area contributed by atoms with E-state index in [1.165, 1.54) is 19.0 Å². The smallest absolute Gasteiger partial charge is 0.280 e. The average Bonchev–Trinajstić information content (AvgIpc) is 3.01. The molecule has 0 saturated heterocycles. The Kier molecular flexibility index (Phi) is 3.79. The lowest BCUT2D eigenvalue weighted by Gasteiger charge is -2.09. The molecule has 0 N–H and O–H groups in total. The first-order valence-electron chi connectivity index (χ1n) is 7.00. The fourth-order valence-electron chi connectivity index (χ4n) is 2.42. The van der Waals surface area contributed by atoms with E-state index < -0.39 is 9.05 Å². The number of nitrogens with zero attached hydrogens (tertiary/aromatic N) is 4. The minimum absolute atomic E-state index is 0.0786. The Morgan fingerprint density at radius 3 is 2.81 bits per heavy atom. The van der Waals surface area contributed by atoms with Gasteiger partial charge in [0.1, 0.15) is 5.82 Å². The van der Waals surface area contributed by atoms with Crippen molar-refractivity contribution in [2.24, 2.45) is 0 Å². The van der Waals surface area contributed by atoms with Crippen molar-refractivity contribution in [3.05, 3.63) is 30.2 Å². The van der Waals surface area contributed by atoms with Crippen LogP contribution < -0.4 is 0 Å². The summed E-state index contributed by atoms with van der Waals surface area (Å²) in [6, 6.07) is 0.539. The average molecular weight is 329 g/mol. The Balaban J connectivity index is 1.93. The third-order valence-corrected chi connectivity index (χ3v) is 4.75. The van der Waals surface area contributed by atoms with Gasteiger partial charge >= 0.3 is 0 Å². The molecular formula is C13H17ClN4O2S. The molecular weight excluding hydrogens is 312 g/mol. The van der Waals surface area contributed by atoms with Crippen molar-refractivity contribution in [1.29, 1.82) is 0 Å². The molecule has 2 heterocycles. The van der Waals surface area contributed by atoms with Gasteiger partial charge in [-0.1, -0.05) is 6.92 Å². The number of hydrogen-bond donors (Lipinski definition) is 0. The van der Waals surface area contributed by atoms with Gasteiger partial charge in [0.25, 0.3) is 9.05 Å². The first kappa shape index (κ1) is 14.6. The molecule has 0 atom stereocenters. The lowest BCUT2D eigenvalue weighted by molar-refractivity contribution is 0.606. The van der Waals surface area contributed by atoms with Gasteiger partial charge in [-0.15, -0.1) is 0 Å². The fraction of sp³-hybridized carbons (Fsp3) is 0.538. The van der Waals surface area contributed by atoms with Crippen LogP contribution in [0.4, 0.5) is 0 Å². The number of halogens is 1. The zero-order valence-electron chi connectivity index (χ0n) is 11.7. The van der Waals surface area contributed by atoms with Gasteiger partial charge in [-0.05, 0) is 19.3 Å². The highest BCUT2D eigenvalue weighted by atomic mass is 35.7. The summed E-state index contributed by atoms with van der Waals surface area (Å²) in [5, 5.41) is -0.0786. The maximum Gasteiger partial charge on any atom is 0.280 e. The van der Waals surface area contributed by atoms with Crippen LogP contribution >= 0.6 is 10.7 Å². The molecule has 1 aliphatic rings. The molecule has 0 bridgehead atoms. The molecule has 2 aromatic heterocycles. The molecule has 0 spiro atoms. The zero-order valence-corrected chi connectivity index (χ0v) is 13.3. The second-order valence-corrected chi connectivity index (χ2v) is 7.85. The van der Waals surface area contributed by atoms with Gasteiger partial charge in [-0.2, -0.15) is 0 Å². The third-order valence-electron chi connectivity index (χ3n) is 3.58. The molecule has 21 heavy (non-hydrogen) atoms. The highest BCUT2D eigenvalue weighted by Crippen LogP contribution is 2.35. The summed E-state index contributed by atoms with van der Waals surface area (Å²) in [6.07, 6.45) is 9.13. The van der Waals surface area contributed by atoms with Crippen molar-refractivity contribution in [3.8, 4) is 0 Å². The lowest BCUT2D eigenvalue weighted by atomic mass is 10.3. The highest BCUT2D eigenvalue weighted by Gasteiger charge is 2.26. The van der Waals surface area contributed by atoms with Crippen molar-refractivity contribution in [2.75, 3.05) is 0 Å². The summed E-state index contributed by atoms with van der Waals surface area (Å²) in [6.45, 7) is 2.59. The third kappa shape index (κ3) is 3.13. The number of rotatable bonds is 6. The van der Waals surface area contributed by atoms with Crippen LogP contribution in [0.3, 0.4) is 0 Å². The van der Waals surface area contributed by atoms with Crippen LogP contribution in [0.25, 0.3) is 0 Å². The molecule has 2 aromatic rings.